The summed E-state index contributed by atoms with van der Waals surface area (Å²) in [6, 6.07) is 0. The van der Waals surface area contributed by atoms with Crippen molar-refractivity contribution < 1.29 is 20.4 Å². The van der Waals surface area contributed by atoms with Crippen molar-refractivity contribution >= 4 is 0 Å². The largest absolute Gasteiger partial charge is 0.393 e. The van der Waals surface area contributed by atoms with Crippen molar-refractivity contribution in [3.63, 3.8) is 0 Å². The van der Waals surface area contributed by atoms with E-state index in [1.807, 2.05) is 0 Å². The molecule has 0 amide bonds. The third-order valence-electron chi connectivity index (χ3n) is 9.48. The number of fused-ring (bicyclic) bond motifs is 5. The highest BCUT2D eigenvalue weighted by atomic mass is 16.3. The minimum absolute atomic E-state index is 0.106. The zero-order valence-corrected chi connectivity index (χ0v) is 16.0. The van der Waals surface area contributed by atoms with Gasteiger partial charge in [0, 0.05) is 5.41 Å². The average Bonchev–Trinajstić information content (AvgIpc) is 2.80. The van der Waals surface area contributed by atoms with E-state index in [0.29, 0.717) is 30.6 Å². The summed E-state index contributed by atoms with van der Waals surface area (Å²) in [4.78, 5) is 0. The van der Waals surface area contributed by atoms with Crippen LogP contribution in [0.3, 0.4) is 0 Å². The molecule has 10 atom stereocenters. The fraction of sp³-hybridized carbons (Fsp3) is 1.00. The molecule has 4 N–H and O–H groups in total. The van der Waals surface area contributed by atoms with Gasteiger partial charge in [-0.2, -0.15) is 0 Å². The fourth-order valence-corrected chi connectivity index (χ4v) is 8.09. The van der Waals surface area contributed by atoms with E-state index in [9.17, 15) is 20.4 Å². The Balaban J connectivity index is 1.69. The van der Waals surface area contributed by atoms with Gasteiger partial charge in [0.25, 0.3) is 0 Å². The summed E-state index contributed by atoms with van der Waals surface area (Å²) in [5, 5.41) is 42.9. The molecule has 0 radical (unpaired) electrons. The standard InChI is InChI=1S/C21H36O4/c1-12(22)21(25)9-7-16-15-5-4-13-10-14(23)6-8-19(13,2)18(15)17(24)11-20(16,21)3/h12-18,22-25H,4-11H2,1-3H3/t12-,13+,14+,15-,16-,17+,18+,19-,20-,21-/m0/s1. The van der Waals surface area contributed by atoms with Crippen LogP contribution in [0.2, 0.25) is 0 Å². The van der Waals surface area contributed by atoms with Crippen LogP contribution in [-0.4, -0.2) is 44.3 Å². The molecule has 4 fully saturated rings. The lowest BCUT2D eigenvalue weighted by Crippen LogP contribution is -2.63. The molecule has 0 aromatic rings. The van der Waals surface area contributed by atoms with Gasteiger partial charge < -0.3 is 20.4 Å². The van der Waals surface area contributed by atoms with Gasteiger partial charge in [0.2, 0.25) is 0 Å². The Labute approximate surface area is 151 Å². The molecule has 4 heteroatoms. The number of hydrogen-bond acceptors (Lipinski definition) is 4. The Morgan fingerprint density at radius 1 is 1.00 bits per heavy atom. The maximum absolute atomic E-state index is 11.3. The van der Waals surface area contributed by atoms with Crippen molar-refractivity contribution in [2.24, 2.45) is 34.5 Å². The van der Waals surface area contributed by atoms with Crippen LogP contribution in [0.4, 0.5) is 0 Å². The van der Waals surface area contributed by atoms with Crippen LogP contribution in [0, 0.1) is 34.5 Å². The molecular formula is C21H36O4. The molecule has 144 valence electrons. The van der Waals surface area contributed by atoms with Crippen molar-refractivity contribution in [3.05, 3.63) is 0 Å². The molecule has 4 aliphatic rings. The molecule has 0 spiro atoms. The first-order valence-electron chi connectivity index (χ1n) is 10.4. The second-order valence-corrected chi connectivity index (χ2v) is 10.3. The van der Waals surface area contributed by atoms with Gasteiger partial charge >= 0.3 is 0 Å². The molecule has 0 bridgehead atoms. The van der Waals surface area contributed by atoms with E-state index in [-0.39, 0.29) is 17.4 Å². The molecule has 4 saturated carbocycles. The zero-order valence-electron chi connectivity index (χ0n) is 16.0. The third-order valence-corrected chi connectivity index (χ3v) is 9.48. The first-order valence-corrected chi connectivity index (χ1v) is 10.4. The number of hydrogen-bond donors (Lipinski definition) is 4. The molecule has 4 rings (SSSR count). The molecule has 0 aliphatic heterocycles. The predicted octanol–water partition coefficient (Wildman–Crippen LogP) is 2.47. The van der Waals surface area contributed by atoms with Crippen LogP contribution in [-0.2, 0) is 0 Å². The highest BCUT2D eigenvalue weighted by molar-refractivity contribution is 5.17. The van der Waals surface area contributed by atoms with E-state index >= 15 is 0 Å². The lowest BCUT2D eigenvalue weighted by Gasteiger charge is -2.63. The van der Waals surface area contributed by atoms with Gasteiger partial charge in [-0.05, 0) is 87.4 Å². The zero-order chi connectivity index (χ0) is 18.2. The lowest BCUT2D eigenvalue weighted by molar-refractivity contribution is -0.218. The van der Waals surface area contributed by atoms with Crippen LogP contribution in [0.1, 0.15) is 72.1 Å². The number of rotatable bonds is 1. The fourth-order valence-electron chi connectivity index (χ4n) is 8.09. The van der Waals surface area contributed by atoms with E-state index < -0.39 is 23.2 Å². The average molecular weight is 353 g/mol. The Kier molecular flexibility index (Phi) is 4.13. The second kappa shape index (κ2) is 5.67. The smallest absolute Gasteiger partial charge is 0.0959 e. The van der Waals surface area contributed by atoms with E-state index in [1.165, 1.54) is 0 Å². The Hall–Kier alpha value is -0.160. The van der Waals surface area contributed by atoms with Gasteiger partial charge in [0.05, 0.1) is 23.9 Å². The maximum Gasteiger partial charge on any atom is 0.0959 e. The van der Waals surface area contributed by atoms with Gasteiger partial charge in [0.15, 0.2) is 0 Å². The molecule has 4 aliphatic carbocycles. The Bertz CT molecular complexity index is 536. The van der Waals surface area contributed by atoms with Crippen molar-refractivity contribution in [1.29, 1.82) is 0 Å². The summed E-state index contributed by atoms with van der Waals surface area (Å²) in [7, 11) is 0. The van der Waals surface area contributed by atoms with Gasteiger partial charge in [-0.3, -0.25) is 0 Å². The summed E-state index contributed by atoms with van der Waals surface area (Å²) in [5.74, 6) is 1.59. The molecule has 0 saturated heterocycles. The van der Waals surface area contributed by atoms with Gasteiger partial charge in [-0.15, -0.1) is 0 Å². The second-order valence-electron chi connectivity index (χ2n) is 10.3. The minimum atomic E-state index is -1.08. The summed E-state index contributed by atoms with van der Waals surface area (Å²) in [5.41, 5.74) is -1.38. The number of aliphatic hydroxyl groups excluding tert-OH is 3. The van der Waals surface area contributed by atoms with E-state index in [0.717, 1.165) is 38.5 Å². The molecule has 4 nitrogen and oxygen atoms in total. The summed E-state index contributed by atoms with van der Waals surface area (Å²) >= 11 is 0. The van der Waals surface area contributed by atoms with Gasteiger partial charge in [0.1, 0.15) is 0 Å². The SMILES string of the molecule is C[C@H](O)[C@@]1(O)CC[C@H]2[C@@H]3CC[C@@H]4C[C@H](O)CC[C@]4(C)[C@H]3[C@H](O)C[C@@]21C. The van der Waals surface area contributed by atoms with Crippen LogP contribution in [0.25, 0.3) is 0 Å². The highest BCUT2D eigenvalue weighted by Gasteiger charge is 2.67. The molecule has 25 heavy (non-hydrogen) atoms. The van der Waals surface area contributed by atoms with Crippen LogP contribution in [0.5, 0.6) is 0 Å². The van der Waals surface area contributed by atoms with Crippen LogP contribution in [0.15, 0.2) is 0 Å². The third kappa shape index (κ3) is 2.27. The predicted molar refractivity (Wildman–Crippen MR) is 95.8 cm³/mol. The lowest BCUT2D eigenvalue weighted by atomic mass is 9.43. The normalized spacial score (nSPS) is 59.6. The number of aliphatic hydroxyl groups is 4. The quantitative estimate of drug-likeness (QED) is 0.584. The minimum Gasteiger partial charge on any atom is -0.393 e. The van der Waals surface area contributed by atoms with Crippen molar-refractivity contribution in [3.8, 4) is 0 Å². The Morgan fingerprint density at radius 2 is 1.72 bits per heavy atom. The van der Waals surface area contributed by atoms with E-state index in [4.69, 9.17) is 0 Å². The van der Waals surface area contributed by atoms with Crippen molar-refractivity contribution in [2.45, 2.75) is 96.1 Å². The van der Waals surface area contributed by atoms with E-state index in [1.54, 1.807) is 6.92 Å². The van der Waals surface area contributed by atoms with E-state index in [2.05, 4.69) is 13.8 Å². The highest BCUT2D eigenvalue weighted by Crippen LogP contribution is 2.68. The summed E-state index contributed by atoms with van der Waals surface area (Å²) < 4.78 is 0. The van der Waals surface area contributed by atoms with Crippen molar-refractivity contribution in [1.82, 2.24) is 0 Å². The molecule has 0 aromatic carbocycles. The maximum atomic E-state index is 11.3. The Morgan fingerprint density at radius 3 is 2.40 bits per heavy atom. The topological polar surface area (TPSA) is 80.9 Å². The monoisotopic (exact) mass is 352 g/mol. The van der Waals surface area contributed by atoms with Gasteiger partial charge in [-0.1, -0.05) is 13.8 Å². The molecule has 0 heterocycles. The molecular weight excluding hydrogens is 316 g/mol. The summed E-state index contributed by atoms with van der Waals surface area (Å²) in [6.07, 6.45) is 5.77. The molecule has 0 unspecified atom stereocenters. The van der Waals surface area contributed by atoms with Gasteiger partial charge in [-0.25, -0.2) is 0 Å². The summed E-state index contributed by atoms with van der Waals surface area (Å²) in [6.45, 7) is 6.16. The van der Waals surface area contributed by atoms with Crippen molar-refractivity contribution in [2.75, 3.05) is 0 Å². The van der Waals surface area contributed by atoms with Crippen LogP contribution >= 0.6 is 0 Å². The van der Waals surface area contributed by atoms with Crippen LogP contribution < -0.4 is 0 Å². The molecule has 0 aromatic heterocycles. The first-order chi connectivity index (χ1) is 11.6. The first kappa shape index (κ1) is 18.2.